The average Bonchev–Trinajstić information content (AvgIpc) is 3.91. The molecular weight excluding hydrogens is 588 g/mol. The van der Waals surface area contributed by atoms with Crippen molar-refractivity contribution in [1.29, 1.82) is 0 Å². The quantitative estimate of drug-likeness (QED) is 0.174. The van der Waals surface area contributed by atoms with E-state index in [1.165, 1.54) is 67.7 Å². The maximum absolute atomic E-state index is 5.58. The molecule has 0 saturated heterocycles. The van der Waals surface area contributed by atoms with Gasteiger partial charge in [0.2, 0.25) is 0 Å². The van der Waals surface area contributed by atoms with E-state index in [1.807, 2.05) is 0 Å². The van der Waals surface area contributed by atoms with Crippen molar-refractivity contribution < 1.29 is 8.83 Å². The van der Waals surface area contributed by atoms with E-state index in [0.29, 0.717) is 0 Å². The highest BCUT2D eigenvalue weighted by molar-refractivity contribution is 6.22. The largest absolute Gasteiger partial charge is 0.444 e. The summed E-state index contributed by atoms with van der Waals surface area (Å²) in [6.07, 6.45) is 6.43. The summed E-state index contributed by atoms with van der Waals surface area (Å²) in [5, 5.41) is 4.79. The number of hydrogen-bond acceptors (Lipinski definition) is 4. The van der Waals surface area contributed by atoms with E-state index in [1.54, 1.807) is 12.4 Å². The zero-order chi connectivity index (χ0) is 31.9. The predicted molar refractivity (Wildman–Crippen MR) is 194 cm³/mol. The average molecular weight is 617 g/mol. The lowest BCUT2D eigenvalue weighted by molar-refractivity contribution is 0.571. The lowest BCUT2D eigenvalue weighted by Crippen LogP contribution is -1.92. The third-order valence-electron chi connectivity index (χ3n) is 9.13. The molecule has 2 aromatic heterocycles. The minimum Gasteiger partial charge on any atom is -0.444 e. The first-order valence-electron chi connectivity index (χ1n) is 15.9. The first-order chi connectivity index (χ1) is 23.8. The molecule has 0 amide bonds. The van der Waals surface area contributed by atoms with Crippen molar-refractivity contribution in [2.45, 2.75) is 0 Å². The fourth-order valence-corrected chi connectivity index (χ4v) is 6.78. The smallest absolute Gasteiger partial charge is 0.181 e. The highest BCUT2D eigenvalue weighted by Crippen LogP contribution is 2.45. The van der Waals surface area contributed by atoms with Crippen LogP contribution in [0.4, 0.5) is 0 Å². The summed E-state index contributed by atoms with van der Waals surface area (Å²) < 4.78 is 11.2. The Hall–Kier alpha value is -6.52. The molecule has 226 valence electrons. The van der Waals surface area contributed by atoms with Crippen LogP contribution in [-0.2, 0) is 0 Å². The molecule has 0 N–H and O–H groups in total. The zero-order valence-corrected chi connectivity index (χ0v) is 25.9. The van der Waals surface area contributed by atoms with Gasteiger partial charge in [0, 0.05) is 11.1 Å². The second-order valence-electron chi connectivity index (χ2n) is 11.9. The predicted octanol–water partition coefficient (Wildman–Crippen LogP) is 12.0. The van der Waals surface area contributed by atoms with Crippen LogP contribution in [0.15, 0.2) is 180 Å². The van der Waals surface area contributed by atoms with Crippen molar-refractivity contribution in [3.05, 3.63) is 171 Å². The van der Waals surface area contributed by atoms with Gasteiger partial charge in [-0.2, -0.15) is 0 Å². The summed E-state index contributed by atoms with van der Waals surface area (Å²) >= 11 is 0. The Morgan fingerprint density at radius 2 is 0.708 bits per heavy atom. The molecule has 0 aliphatic heterocycles. The highest BCUT2D eigenvalue weighted by atomic mass is 16.3. The summed E-state index contributed by atoms with van der Waals surface area (Å²) in [5.41, 5.74) is 11.4. The molecule has 2 heterocycles. The van der Waals surface area contributed by atoms with Crippen LogP contribution in [0.2, 0.25) is 0 Å². The van der Waals surface area contributed by atoms with Crippen molar-refractivity contribution in [2.75, 3.05) is 0 Å². The Morgan fingerprint density at radius 3 is 1.23 bits per heavy atom. The van der Waals surface area contributed by atoms with Crippen molar-refractivity contribution in [3.63, 3.8) is 0 Å². The van der Waals surface area contributed by atoms with Crippen LogP contribution < -0.4 is 0 Å². The van der Waals surface area contributed by atoms with Crippen LogP contribution in [0.1, 0.15) is 0 Å². The summed E-state index contributed by atoms with van der Waals surface area (Å²) in [6, 6.07) is 52.1. The molecule has 0 saturated carbocycles. The molecule has 0 radical (unpaired) electrons. The maximum atomic E-state index is 5.58. The van der Waals surface area contributed by atoms with E-state index in [4.69, 9.17) is 8.83 Å². The van der Waals surface area contributed by atoms with Crippen molar-refractivity contribution >= 4 is 21.5 Å². The van der Waals surface area contributed by atoms with Crippen LogP contribution in [0.3, 0.4) is 0 Å². The molecule has 7 aromatic carbocycles. The minimum absolute atomic E-state index is 0.752. The number of nitrogens with zero attached hydrogens (tertiary/aromatic N) is 2. The van der Waals surface area contributed by atoms with Gasteiger partial charge in [0.1, 0.15) is 0 Å². The number of benzene rings is 7. The van der Waals surface area contributed by atoms with Gasteiger partial charge >= 0.3 is 0 Å². The van der Waals surface area contributed by atoms with Gasteiger partial charge < -0.3 is 8.83 Å². The maximum Gasteiger partial charge on any atom is 0.181 e. The molecule has 9 aromatic rings. The van der Waals surface area contributed by atoms with Crippen molar-refractivity contribution in [1.82, 2.24) is 9.97 Å². The van der Waals surface area contributed by atoms with Crippen molar-refractivity contribution in [2.24, 2.45) is 0 Å². The van der Waals surface area contributed by atoms with Gasteiger partial charge in [0.25, 0.3) is 0 Å². The molecule has 0 atom stereocenters. The zero-order valence-electron chi connectivity index (χ0n) is 25.9. The number of oxazole rings is 2. The molecule has 0 fully saturated rings. The van der Waals surface area contributed by atoms with E-state index < -0.39 is 0 Å². The number of fused-ring (bicyclic) bond motifs is 2. The lowest BCUT2D eigenvalue weighted by atomic mass is 9.84. The number of aromatic nitrogens is 2. The Labute approximate surface area is 277 Å². The molecular formula is C44H28N2O2. The molecule has 9 rings (SSSR count). The summed E-state index contributed by atoms with van der Waals surface area (Å²) in [6.45, 7) is 0. The van der Waals surface area contributed by atoms with Gasteiger partial charge in [0.05, 0.1) is 12.4 Å². The molecule has 0 unspecified atom stereocenters. The highest BCUT2D eigenvalue weighted by Gasteiger charge is 2.18. The molecule has 0 aliphatic rings. The molecule has 0 aliphatic carbocycles. The van der Waals surface area contributed by atoms with E-state index in [0.717, 1.165) is 33.8 Å². The van der Waals surface area contributed by atoms with E-state index in [2.05, 4.69) is 156 Å². The van der Waals surface area contributed by atoms with Crippen LogP contribution in [0, 0.1) is 0 Å². The summed E-state index contributed by atoms with van der Waals surface area (Å²) in [7, 11) is 0. The van der Waals surface area contributed by atoms with Crippen LogP contribution >= 0.6 is 0 Å². The van der Waals surface area contributed by atoms with Gasteiger partial charge in [-0.1, -0.05) is 140 Å². The molecule has 4 nitrogen and oxygen atoms in total. The monoisotopic (exact) mass is 616 g/mol. The molecule has 4 heteroatoms. The van der Waals surface area contributed by atoms with Gasteiger partial charge in [-0.25, -0.2) is 9.97 Å². The SMILES string of the molecule is c1ccc(-c2ccc(-c3ccc4c(-c5ccc(-c6cnco6)cc5)c5ccccc5c(-c5ccc(-c6cnco6)cc5)c4c3)cc2)cc1. The second-order valence-corrected chi connectivity index (χ2v) is 11.9. The third kappa shape index (κ3) is 4.88. The van der Waals surface area contributed by atoms with E-state index in [-0.39, 0.29) is 0 Å². The summed E-state index contributed by atoms with van der Waals surface area (Å²) in [4.78, 5) is 8.20. The second kappa shape index (κ2) is 11.7. The number of rotatable bonds is 6. The summed E-state index contributed by atoms with van der Waals surface area (Å²) in [5.74, 6) is 1.50. The van der Waals surface area contributed by atoms with Gasteiger partial charge in [-0.05, 0) is 72.1 Å². The Morgan fingerprint density at radius 1 is 0.312 bits per heavy atom. The van der Waals surface area contributed by atoms with Crippen LogP contribution in [0.5, 0.6) is 0 Å². The topological polar surface area (TPSA) is 52.1 Å². The minimum atomic E-state index is 0.752. The number of hydrogen-bond donors (Lipinski definition) is 0. The Bertz CT molecular complexity index is 2500. The van der Waals surface area contributed by atoms with Crippen LogP contribution in [-0.4, -0.2) is 9.97 Å². The first kappa shape index (κ1) is 27.8. The van der Waals surface area contributed by atoms with Crippen LogP contribution in [0.25, 0.3) is 88.7 Å². The molecule has 0 bridgehead atoms. The van der Waals surface area contributed by atoms with Gasteiger partial charge in [-0.15, -0.1) is 0 Å². The molecule has 0 spiro atoms. The Kier molecular flexibility index (Phi) is 6.76. The lowest BCUT2D eigenvalue weighted by Gasteiger charge is -2.19. The van der Waals surface area contributed by atoms with Crippen molar-refractivity contribution in [3.8, 4) is 67.2 Å². The fourth-order valence-electron chi connectivity index (χ4n) is 6.78. The van der Waals surface area contributed by atoms with Gasteiger partial charge in [-0.3, -0.25) is 0 Å². The third-order valence-corrected chi connectivity index (χ3v) is 9.13. The van der Waals surface area contributed by atoms with E-state index >= 15 is 0 Å². The fraction of sp³-hybridized carbons (Fsp3) is 0. The standard InChI is InChI=1S/C44H28N2O2/c1-2-6-29(7-3-1)30-10-12-31(13-11-30)36-22-23-39-40(24-36)44(35-20-16-33(17-21-35)42-26-46-28-48-42)38-9-5-4-8-37(38)43(39)34-18-14-32(15-19-34)41-25-45-27-47-41/h1-28H. The van der Waals surface area contributed by atoms with E-state index in [9.17, 15) is 0 Å². The molecule has 48 heavy (non-hydrogen) atoms. The normalized spacial score (nSPS) is 11.3. The Balaban J connectivity index is 1.26. The first-order valence-corrected chi connectivity index (χ1v) is 15.9. The van der Waals surface area contributed by atoms with Gasteiger partial charge in [0.15, 0.2) is 24.3 Å².